The van der Waals surface area contributed by atoms with E-state index in [2.05, 4.69) is 21.5 Å². The van der Waals surface area contributed by atoms with Gasteiger partial charge in [-0.05, 0) is 42.7 Å². The molecule has 0 bridgehead atoms. The Labute approximate surface area is 129 Å². The Morgan fingerprint density at radius 3 is 3.05 bits per heavy atom. The molecule has 4 aromatic heterocycles. The number of fused-ring (bicyclic) bond motifs is 5. The van der Waals surface area contributed by atoms with Crippen molar-refractivity contribution in [3.63, 3.8) is 0 Å². The van der Waals surface area contributed by atoms with E-state index in [-0.39, 0.29) is 0 Å². The number of hydrogen-bond acceptors (Lipinski definition) is 5. The maximum atomic E-state index is 4.79. The predicted octanol–water partition coefficient (Wildman–Crippen LogP) is 3.95. The summed E-state index contributed by atoms with van der Waals surface area (Å²) in [4.78, 5) is 13.1. The zero-order valence-corrected chi connectivity index (χ0v) is 12.9. The van der Waals surface area contributed by atoms with E-state index in [0.29, 0.717) is 0 Å². The number of aryl methyl sites for hydroxylation is 2. The fraction of sp³-hybridized carbons (Fsp3) is 0.267. The van der Waals surface area contributed by atoms with Crippen LogP contribution in [0.25, 0.3) is 26.6 Å². The molecule has 0 saturated carbocycles. The Balaban J connectivity index is 1.85. The first-order chi connectivity index (χ1) is 10.4. The molecule has 0 atom stereocenters. The fourth-order valence-corrected chi connectivity index (χ4v) is 4.94. The third-order valence-electron chi connectivity index (χ3n) is 4.03. The number of thiophene rings is 2. The summed E-state index contributed by atoms with van der Waals surface area (Å²) in [5.74, 6) is 0.801. The highest BCUT2D eigenvalue weighted by atomic mass is 32.1. The number of rotatable bonds is 1. The third kappa shape index (κ3) is 1.69. The SMILES string of the molecule is c1csc(-c2nc3c4c5c(sc4ncn3n2)CCCC5)c1. The minimum absolute atomic E-state index is 0.801. The first-order valence-electron chi connectivity index (χ1n) is 7.09. The zero-order valence-electron chi connectivity index (χ0n) is 11.2. The first-order valence-corrected chi connectivity index (χ1v) is 8.79. The molecule has 5 rings (SSSR count). The Bertz CT molecular complexity index is 949. The van der Waals surface area contributed by atoms with E-state index in [0.717, 1.165) is 27.6 Å². The van der Waals surface area contributed by atoms with Gasteiger partial charge in [-0.25, -0.2) is 14.5 Å². The van der Waals surface area contributed by atoms with Gasteiger partial charge in [0.05, 0.1) is 10.3 Å². The lowest BCUT2D eigenvalue weighted by Crippen LogP contribution is -1.99. The van der Waals surface area contributed by atoms with Gasteiger partial charge in [0.1, 0.15) is 11.2 Å². The highest BCUT2D eigenvalue weighted by molar-refractivity contribution is 7.19. The molecule has 0 N–H and O–H groups in total. The van der Waals surface area contributed by atoms with Crippen LogP contribution in [0.15, 0.2) is 23.8 Å². The van der Waals surface area contributed by atoms with E-state index >= 15 is 0 Å². The number of aromatic nitrogens is 4. The van der Waals surface area contributed by atoms with Gasteiger partial charge >= 0.3 is 0 Å². The molecule has 0 spiro atoms. The molecule has 21 heavy (non-hydrogen) atoms. The van der Waals surface area contributed by atoms with Gasteiger partial charge in [-0.3, -0.25) is 0 Å². The molecular weight excluding hydrogens is 300 g/mol. The lowest BCUT2D eigenvalue weighted by atomic mass is 9.97. The smallest absolute Gasteiger partial charge is 0.192 e. The van der Waals surface area contributed by atoms with Gasteiger partial charge in [0.15, 0.2) is 11.5 Å². The lowest BCUT2D eigenvalue weighted by molar-refractivity contribution is 0.700. The van der Waals surface area contributed by atoms with Crippen LogP contribution in [0.4, 0.5) is 0 Å². The monoisotopic (exact) mass is 312 g/mol. The molecule has 0 saturated heterocycles. The van der Waals surface area contributed by atoms with Crippen molar-refractivity contribution in [1.29, 1.82) is 0 Å². The van der Waals surface area contributed by atoms with Crippen molar-refractivity contribution in [3.05, 3.63) is 34.3 Å². The van der Waals surface area contributed by atoms with Crippen LogP contribution in [0.2, 0.25) is 0 Å². The van der Waals surface area contributed by atoms with Gasteiger partial charge in [-0.1, -0.05) is 6.07 Å². The van der Waals surface area contributed by atoms with E-state index in [1.807, 2.05) is 21.9 Å². The van der Waals surface area contributed by atoms with Crippen molar-refractivity contribution < 1.29 is 0 Å². The summed E-state index contributed by atoms with van der Waals surface area (Å²) in [7, 11) is 0. The zero-order chi connectivity index (χ0) is 13.8. The van der Waals surface area contributed by atoms with Crippen molar-refractivity contribution >= 4 is 38.5 Å². The summed E-state index contributed by atoms with van der Waals surface area (Å²) in [5, 5.41) is 7.88. The molecule has 0 amide bonds. The summed E-state index contributed by atoms with van der Waals surface area (Å²) in [6, 6.07) is 4.10. The van der Waals surface area contributed by atoms with Crippen LogP contribution in [0.1, 0.15) is 23.3 Å². The van der Waals surface area contributed by atoms with Gasteiger partial charge in [0, 0.05) is 4.88 Å². The summed E-state index contributed by atoms with van der Waals surface area (Å²) >= 11 is 3.50. The average molecular weight is 312 g/mol. The van der Waals surface area contributed by atoms with E-state index in [1.165, 1.54) is 35.1 Å². The molecule has 0 radical (unpaired) electrons. The van der Waals surface area contributed by atoms with E-state index in [9.17, 15) is 0 Å². The number of nitrogens with zero attached hydrogens (tertiary/aromatic N) is 4. The quantitative estimate of drug-likeness (QED) is 0.534. The second kappa shape index (κ2) is 4.35. The van der Waals surface area contributed by atoms with Crippen LogP contribution in [0.5, 0.6) is 0 Å². The lowest BCUT2D eigenvalue weighted by Gasteiger charge is -2.09. The highest BCUT2D eigenvalue weighted by Crippen LogP contribution is 2.37. The van der Waals surface area contributed by atoms with Crippen LogP contribution in [-0.2, 0) is 12.8 Å². The molecule has 0 unspecified atom stereocenters. The summed E-state index contributed by atoms with van der Waals surface area (Å²) < 4.78 is 1.83. The van der Waals surface area contributed by atoms with E-state index < -0.39 is 0 Å². The molecule has 0 aliphatic heterocycles. The van der Waals surface area contributed by atoms with Crippen LogP contribution in [0.3, 0.4) is 0 Å². The van der Waals surface area contributed by atoms with E-state index in [4.69, 9.17) is 4.98 Å². The Kier molecular flexibility index (Phi) is 2.45. The van der Waals surface area contributed by atoms with Crippen molar-refractivity contribution in [3.8, 4) is 10.7 Å². The highest BCUT2D eigenvalue weighted by Gasteiger charge is 2.20. The second-order valence-corrected chi connectivity index (χ2v) is 7.35. The van der Waals surface area contributed by atoms with Gasteiger partial charge in [-0.15, -0.1) is 27.8 Å². The van der Waals surface area contributed by atoms with Gasteiger partial charge in [-0.2, -0.15) is 0 Å². The van der Waals surface area contributed by atoms with Gasteiger partial charge in [0.25, 0.3) is 0 Å². The standard InChI is InChI=1S/C15H12N4S2/c1-2-5-10-9(4-1)12-14-17-13(11-6-3-7-20-11)18-19(14)8-16-15(12)21-10/h3,6-8H,1-2,4-5H2. The third-order valence-corrected chi connectivity index (χ3v) is 6.10. The van der Waals surface area contributed by atoms with E-state index in [1.54, 1.807) is 17.7 Å². The fourth-order valence-electron chi connectivity index (χ4n) is 3.06. The van der Waals surface area contributed by atoms with Crippen LogP contribution in [0, 0.1) is 0 Å². The number of hydrogen-bond donors (Lipinski definition) is 0. The average Bonchev–Trinajstić information content (AvgIpc) is 3.23. The van der Waals surface area contributed by atoms with Crippen molar-refractivity contribution in [2.75, 3.05) is 0 Å². The topological polar surface area (TPSA) is 43.1 Å². The van der Waals surface area contributed by atoms with Crippen LogP contribution in [-0.4, -0.2) is 19.6 Å². The minimum Gasteiger partial charge on any atom is -0.225 e. The predicted molar refractivity (Wildman–Crippen MR) is 86.1 cm³/mol. The molecule has 1 aliphatic carbocycles. The van der Waals surface area contributed by atoms with Crippen molar-refractivity contribution in [1.82, 2.24) is 19.6 Å². The summed E-state index contributed by atoms with van der Waals surface area (Å²) in [5.41, 5.74) is 2.42. The molecule has 104 valence electrons. The van der Waals surface area contributed by atoms with Crippen molar-refractivity contribution in [2.24, 2.45) is 0 Å². The Morgan fingerprint density at radius 2 is 2.14 bits per heavy atom. The largest absolute Gasteiger partial charge is 0.225 e. The van der Waals surface area contributed by atoms with Crippen LogP contribution < -0.4 is 0 Å². The molecule has 4 nitrogen and oxygen atoms in total. The molecule has 4 aromatic rings. The normalized spacial score (nSPS) is 14.9. The molecular formula is C15H12N4S2. The maximum Gasteiger partial charge on any atom is 0.192 e. The summed E-state index contributed by atoms with van der Waals surface area (Å²) in [6.45, 7) is 0. The minimum atomic E-state index is 0.801. The first kappa shape index (κ1) is 11.8. The van der Waals surface area contributed by atoms with Crippen molar-refractivity contribution in [2.45, 2.75) is 25.7 Å². The Hall–Kier alpha value is -1.79. The molecule has 0 fully saturated rings. The molecule has 1 aliphatic rings. The van der Waals surface area contributed by atoms with Crippen LogP contribution >= 0.6 is 22.7 Å². The van der Waals surface area contributed by atoms with Gasteiger partial charge < -0.3 is 0 Å². The second-order valence-electron chi connectivity index (χ2n) is 5.32. The molecule has 0 aromatic carbocycles. The Morgan fingerprint density at radius 1 is 1.19 bits per heavy atom. The molecule has 4 heterocycles. The maximum absolute atomic E-state index is 4.79. The van der Waals surface area contributed by atoms with Gasteiger partial charge in [0.2, 0.25) is 0 Å². The summed E-state index contributed by atoms with van der Waals surface area (Å²) in [6.07, 6.45) is 6.70. The molecule has 6 heteroatoms.